The first-order chi connectivity index (χ1) is 22.9. The van der Waals surface area contributed by atoms with Crippen molar-refractivity contribution in [2.45, 2.75) is 13.8 Å². The van der Waals surface area contributed by atoms with Gasteiger partial charge in [0, 0.05) is 11.4 Å². The fourth-order valence-corrected chi connectivity index (χ4v) is 4.81. The third kappa shape index (κ3) is 6.97. The number of nitrogens with one attached hydrogen (secondary N) is 2. The number of hydrazone groups is 1. The molecule has 5 aromatic rings. The van der Waals surface area contributed by atoms with Gasteiger partial charge < -0.3 is 20.5 Å². The fourth-order valence-electron chi connectivity index (χ4n) is 4.81. The van der Waals surface area contributed by atoms with E-state index in [0.717, 1.165) is 16.8 Å². The van der Waals surface area contributed by atoms with Crippen LogP contribution in [-0.4, -0.2) is 39.3 Å². The summed E-state index contributed by atoms with van der Waals surface area (Å²) < 4.78 is 7.23. The summed E-state index contributed by atoms with van der Waals surface area (Å²) in [4.78, 5) is 27.0. The Morgan fingerprint density at radius 3 is 2.06 bits per heavy atom. The lowest BCUT2D eigenvalue weighted by Crippen LogP contribution is -2.21. The molecule has 234 valence electrons. The highest BCUT2D eigenvalue weighted by atomic mass is 16.5. The van der Waals surface area contributed by atoms with E-state index in [9.17, 15) is 14.7 Å². The minimum Gasteiger partial charge on any atom is -0.493 e. The number of benzene rings is 4. The summed E-state index contributed by atoms with van der Waals surface area (Å²) in [5.41, 5.74) is 5.13. The summed E-state index contributed by atoms with van der Waals surface area (Å²) in [6.45, 7) is 4.03. The van der Waals surface area contributed by atoms with Crippen LogP contribution in [0.5, 0.6) is 5.88 Å². The molecule has 1 aliphatic heterocycles. The zero-order valence-corrected chi connectivity index (χ0v) is 25.8. The maximum absolute atomic E-state index is 13.6. The summed E-state index contributed by atoms with van der Waals surface area (Å²) in [6, 6.07) is 33.2. The van der Waals surface area contributed by atoms with Crippen LogP contribution in [-0.2, 0) is 9.53 Å². The Kier molecular flexibility index (Phi) is 8.92. The van der Waals surface area contributed by atoms with E-state index in [1.54, 1.807) is 54.6 Å². The standard InChI is InChI=1S/C37H32N6O4/c1-25-16-20-27(21-17-25)38-24-47-35-32(37(46)43(41-35)30-12-7-4-8-13-30)15-9-14-31-33(34(44)39-28-22-18-26(2)19-23-28)40-42(36(31)45)29-10-5-3-6-11-29/h3-23,38,45H,24H2,1-2H3,(H,39,44). The van der Waals surface area contributed by atoms with Crippen LogP contribution in [0.15, 0.2) is 132 Å². The highest BCUT2D eigenvalue weighted by Crippen LogP contribution is 2.28. The molecule has 3 N–H and O–H groups in total. The van der Waals surface area contributed by atoms with Crippen molar-refractivity contribution < 1.29 is 19.4 Å². The monoisotopic (exact) mass is 624 g/mol. The van der Waals surface area contributed by atoms with Crippen LogP contribution in [0.4, 0.5) is 17.1 Å². The zero-order valence-electron chi connectivity index (χ0n) is 25.8. The van der Waals surface area contributed by atoms with E-state index in [4.69, 9.17) is 4.74 Å². The summed E-state index contributed by atoms with van der Waals surface area (Å²) in [5, 5.41) is 27.5. The number of hydrogen-bond donors (Lipinski definition) is 3. The van der Waals surface area contributed by atoms with Crippen molar-refractivity contribution in [3.8, 4) is 11.6 Å². The Morgan fingerprint density at radius 1 is 0.830 bits per heavy atom. The molecule has 0 saturated heterocycles. The van der Waals surface area contributed by atoms with Crippen LogP contribution >= 0.6 is 0 Å². The van der Waals surface area contributed by atoms with Crippen LogP contribution in [0.25, 0.3) is 11.8 Å². The summed E-state index contributed by atoms with van der Waals surface area (Å²) in [6.07, 6.45) is 4.62. The van der Waals surface area contributed by atoms with E-state index >= 15 is 0 Å². The normalized spacial score (nSPS) is 13.7. The number of carbonyl (C=O) groups excluding carboxylic acids is 2. The van der Waals surface area contributed by atoms with Gasteiger partial charge in [0.15, 0.2) is 12.4 Å². The van der Waals surface area contributed by atoms with Crippen LogP contribution in [0, 0.1) is 13.8 Å². The number of nitrogens with zero attached hydrogens (tertiary/aromatic N) is 4. The van der Waals surface area contributed by atoms with Crippen molar-refractivity contribution >= 4 is 40.9 Å². The summed E-state index contributed by atoms with van der Waals surface area (Å²) in [5.74, 6) is -1.03. The number of ether oxygens (including phenoxy) is 1. The van der Waals surface area contributed by atoms with Gasteiger partial charge in [-0.1, -0.05) is 77.9 Å². The summed E-state index contributed by atoms with van der Waals surface area (Å²) >= 11 is 0. The Labute approximate surface area is 271 Å². The fraction of sp³-hybridized carbons (Fsp3) is 0.0811. The number of aromatic hydroxyl groups is 1. The molecule has 0 unspecified atom stereocenters. The molecule has 1 aromatic heterocycles. The van der Waals surface area contributed by atoms with E-state index in [1.165, 1.54) is 21.8 Å². The predicted octanol–water partition coefficient (Wildman–Crippen LogP) is 6.83. The molecule has 0 saturated carbocycles. The van der Waals surface area contributed by atoms with Crippen molar-refractivity contribution in [2.24, 2.45) is 5.10 Å². The number of hydrogen-bond acceptors (Lipinski definition) is 7. The van der Waals surface area contributed by atoms with Gasteiger partial charge in [0.05, 0.1) is 16.9 Å². The first kappa shape index (κ1) is 30.6. The second-order valence-electron chi connectivity index (χ2n) is 10.8. The minimum atomic E-state index is -0.508. The SMILES string of the molecule is Cc1ccc(NCOC2=NN(c3ccccc3)C(=O)C2=CC=Cc2c(C(=O)Nc3ccc(C)cc3)nn(-c3ccccc3)c2O)cc1. The molecule has 1 aliphatic rings. The first-order valence-corrected chi connectivity index (χ1v) is 14.9. The molecule has 0 spiro atoms. The van der Waals surface area contributed by atoms with Gasteiger partial charge in [0.2, 0.25) is 11.8 Å². The van der Waals surface area contributed by atoms with Crippen molar-refractivity contribution in [3.05, 3.63) is 149 Å². The Hall–Kier alpha value is -6.42. The molecular formula is C37H32N6O4. The van der Waals surface area contributed by atoms with Crippen molar-refractivity contribution in [1.82, 2.24) is 9.78 Å². The smallest absolute Gasteiger partial charge is 0.284 e. The van der Waals surface area contributed by atoms with Gasteiger partial charge >= 0.3 is 0 Å². The molecule has 10 heteroatoms. The highest BCUT2D eigenvalue weighted by molar-refractivity contribution is 6.28. The molecule has 0 fully saturated rings. The largest absolute Gasteiger partial charge is 0.493 e. The average Bonchev–Trinajstić information content (AvgIpc) is 3.59. The number of amides is 2. The minimum absolute atomic E-state index is 0.00215. The van der Waals surface area contributed by atoms with Crippen molar-refractivity contribution in [1.29, 1.82) is 0 Å². The van der Waals surface area contributed by atoms with Crippen LogP contribution in [0.2, 0.25) is 0 Å². The molecule has 10 nitrogen and oxygen atoms in total. The predicted molar refractivity (Wildman–Crippen MR) is 184 cm³/mol. The van der Waals surface area contributed by atoms with Crippen LogP contribution < -0.4 is 15.6 Å². The topological polar surface area (TPSA) is 121 Å². The Balaban J connectivity index is 1.31. The number of aryl methyl sites for hydroxylation is 2. The molecule has 2 heterocycles. The number of rotatable bonds is 9. The number of carbonyl (C=O) groups is 2. The lowest BCUT2D eigenvalue weighted by Gasteiger charge is -2.10. The molecule has 0 atom stereocenters. The third-order valence-corrected chi connectivity index (χ3v) is 7.33. The van der Waals surface area contributed by atoms with E-state index in [1.807, 2.05) is 74.5 Å². The van der Waals surface area contributed by atoms with Crippen LogP contribution in [0.3, 0.4) is 0 Å². The van der Waals surface area contributed by atoms with Gasteiger partial charge in [-0.15, -0.1) is 5.10 Å². The van der Waals surface area contributed by atoms with E-state index < -0.39 is 11.8 Å². The van der Waals surface area contributed by atoms with Crippen molar-refractivity contribution in [3.63, 3.8) is 0 Å². The Morgan fingerprint density at radius 2 is 1.43 bits per heavy atom. The van der Waals surface area contributed by atoms with Gasteiger partial charge in [0.1, 0.15) is 5.57 Å². The van der Waals surface area contributed by atoms with Gasteiger partial charge in [-0.2, -0.15) is 14.8 Å². The lowest BCUT2D eigenvalue weighted by molar-refractivity contribution is -0.114. The van der Waals surface area contributed by atoms with E-state index in [0.29, 0.717) is 17.1 Å². The maximum Gasteiger partial charge on any atom is 0.284 e. The molecule has 2 amide bonds. The summed E-state index contributed by atoms with van der Waals surface area (Å²) in [7, 11) is 0. The van der Waals surface area contributed by atoms with Crippen molar-refractivity contribution in [2.75, 3.05) is 22.4 Å². The molecular weight excluding hydrogens is 592 g/mol. The molecule has 0 radical (unpaired) electrons. The number of anilines is 3. The van der Waals surface area contributed by atoms with Gasteiger partial charge in [-0.25, -0.2) is 0 Å². The Bertz CT molecular complexity index is 1980. The lowest BCUT2D eigenvalue weighted by atomic mass is 10.1. The second kappa shape index (κ2) is 13.7. The van der Waals surface area contributed by atoms with E-state index in [-0.39, 0.29) is 35.3 Å². The molecule has 47 heavy (non-hydrogen) atoms. The first-order valence-electron chi connectivity index (χ1n) is 14.9. The molecule has 0 aliphatic carbocycles. The second-order valence-corrected chi connectivity index (χ2v) is 10.8. The zero-order chi connectivity index (χ0) is 32.8. The molecule has 0 bridgehead atoms. The van der Waals surface area contributed by atoms with Gasteiger partial charge in [-0.05, 0) is 74.5 Å². The number of allylic oxidation sites excluding steroid dienone is 2. The number of aromatic nitrogens is 2. The molecule has 4 aromatic carbocycles. The number of para-hydroxylation sites is 2. The average molecular weight is 625 g/mol. The van der Waals surface area contributed by atoms with E-state index in [2.05, 4.69) is 20.8 Å². The quantitative estimate of drug-likeness (QED) is 0.122. The van der Waals surface area contributed by atoms with Gasteiger partial charge in [0.25, 0.3) is 11.8 Å². The van der Waals surface area contributed by atoms with Gasteiger partial charge in [-0.3, -0.25) is 9.59 Å². The molecule has 6 rings (SSSR count). The van der Waals surface area contributed by atoms with Crippen LogP contribution in [0.1, 0.15) is 27.2 Å². The highest BCUT2D eigenvalue weighted by Gasteiger charge is 2.32. The maximum atomic E-state index is 13.6. The third-order valence-electron chi connectivity index (χ3n) is 7.33.